The van der Waals surface area contributed by atoms with E-state index >= 15 is 0 Å². The van der Waals surface area contributed by atoms with Crippen LogP contribution in [0.25, 0.3) is 0 Å². The highest BCUT2D eigenvalue weighted by molar-refractivity contribution is 6.40. The average Bonchev–Trinajstić information content (AvgIpc) is 2.82. The van der Waals surface area contributed by atoms with Crippen LogP contribution in [0, 0.1) is 0 Å². The molecular weight excluding hydrogens is 396 g/mol. The SMILES string of the molecule is COc1cccc(CNC(=O)c2ccccc2NC(=O)C(=O)NCc2ccccn2)c1. The van der Waals surface area contributed by atoms with Gasteiger partial charge in [0.05, 0.1) is 30.6 Å². The molecule has 8 heteroatoms. The number of hydrogen-bond donors (Lipinski definition) is 3. The summed E-state index contributed by atoms with van der Waals surface area (Å²) in [7, 11) is 1.57. The zero-order valence-corrected chi connectivity index (χ0v) is 16.9. The fraction of sp³-hybridized carbons (Fsp3) is 0.130. The molecule has 3 rings (SSSR count). The molecule has 3 N–H and O–H groups in total. The van der Waals surface area contributed by atoms with E-state index < -0.39 is 11.8 Å². The third-order valence-corrected chi connectivity index (χ3v) is 4.37. The van der Waals surface area contributed by atoms with Crippen LogP contribution in [0.4, 0.5) is 5.69 Å². The number of carbonyl (C=O) groups excluding carboxylic acids is 3. The lowest BCUT2D eigenvalue weighted by Gasteiger charge is -2.12. The molecule has 0 aliphatic heterocycles. The Balaban J connectivity index is 1.60. The van der Waals surface area contributed by atoms with Crippen molar-refractivity contribution >= 4 is 23.4 Å². The number of anilines is 1. The highest BCUT2D eigenvalue weighted by Gasteiger charge is 2.17. The Morgan fingerprint density at radius 2 is 1.68 bits per heavy atom. The molecule has 158 valence electrons. The molecule has 0 unspecified atom stereocenters. The molecule has 0 radical (unpaired) electrons. The Morgan fingerprint density at radius 1 is 0.871 bits per heavy atom. The van der Waals surface area contributed by atoms with Gasteiger partial charge < -0.3 is 20.7 Å². The maximum absolute atomic E-state index is 12.7. The molecule has 8 nitrogen and oxygen atoms in total. The van der Waals surface area contributed by atoms with E-state index in [1.165, 1.54) is 0 Å². The molecule has 0 spiro atoms. The number of nitrogens with one attached hydrogen (secondary N) is 3. The van der Waals surface area contributed by atoms with Crippen molar-refractivity contribution in [1.82, 2.24) is 15.6 Å². The fourth-order valence-electron chi connectivity index (χ4n) is 2.78. The predicted molar refractivity (Wildman–Crippen MR) is 115 cm³/mol. The van der Waals surface area contributed by atoms with Crippen LogP contribution in [0.2, 0.25) is 0 Å². The van der Waals surface area contributed by atoms with Crippen molar-refractivity contribution in [2.45, 2.75) is 13.1 Å². The highest BCUT2D eigenvalue weighted by atomic mass is 16.5. The molecule has 0 aliphatic rings. The molecule has 0 aliphatic carbocycles. The van der Waals surface area contributed by atoms with Gasteiger partial charge in [0.2, 0.25) is 0 Å². The van der Waals surface area contributed by atoms with Crippen molar-refractivity contribution < 1.29 is 19.1 Å². The number of rotatable bonds is 7. The van der Waals surface area contributed by atoms with Crippen molar-refractivity contribution in [1.29, 1.82) is 0 Å². The number of nitrogens with zero attached hydrogens (tertiary/aromatic N) is 1. The minimum absolute atomic E-state index is 0.121. The lowest BCUT2D eigenvalue weighted by molar-refractivity contribution is -0.136. The number of amides is 3. The van der Waals surface area contributed by atoms with E-state index in [2.05, 4.69) is 20.9 Å². The summed E-state index contributed by atoms with van der Waals surface area (Å²) in [4.78, 5) is 41.1. The minimum Gasteiger partial charge on any atom is -0.497 e. The summed E-state index contributed by atoms with van der Waals surface area (Å²) in [6.45, 7) is 0.401. The second-order valence-corrected chi connectivity index (χ2v) is 6.54. The number of benzene rings is 2. The average molecular weight is 418 g/mol. The molecule has 0 saturated carbocycles. The second-order valence-electron chi connectivity index (χ2n) is 6.54. The summed E-state index contributed by atoms with van der Waals surface area (Å²) in [5, 5.41) is 7.79. The van der Waals surface area contributed by atoms with E-state index in [-0.39, 0.29) is 30.2 Å². The maximum Gasteiger partial charge on any atom is 0.313 e. The Morgan fingerprint density at radius 3 is 2.45 bits per heavy atom. The molecule has 3 amide bonds. The van der Waals surface area contributed by atoms with Gasteiger partial charge in [-0.2, -0.15) is 0 Å². The summed E-state index contributed by atoms with van der Waals surface area (Å²) in [5.74, 6) is -1.38. The maximum atomic E-state index is 12.7. The van der Waals surface area contributed by atoms with Gasteiger partial charge in [-0.1, -0.05) is 30.3 Å². The van der Waals surface area contributed by atoms with Gasteiger partial charge >= 0.3 is 11.8 Å². The summed E-state index contributed by atoms with van der Waals surface area (Å²) < 4.78 is 5.18. The number of pyridine rings is 1. The zero-order valence-electron chi connectivity index (χ0n) is 16.9. The Bertz CT molecular complexity index is 1070. The third kappa shape index (κ3) is 6.14. The Labute approximate surface area is 179 Å². The zero-order chi connectivity index (χ0) is 22.1. The van der Waals surface area contributed by atoms with E-state index in [0.29, 0.717) is 11.4 Å². The molecule has 0 atom stereocenters. The van der Waals surface area contributed by atoms with Crippen LogP contribution >= 0.6 is 0 Å². The third-order valence-electron chi connectivity index (χ3n) is 4.37. The van der Waals surface area contributed by atoms with E-state index in [1.807, 2.05) is 24.3 Å². The Kier molecular flexibility index (Phi) is 7.31. The number of aromatic nitrogens is 1. The number of hydrogen-bond acceptors (Lipinski definition) is 5. The van der Waals surface area contributed by atoms with E-state index in [0.717, 1.165) is 5.56 Å². The summed E-state index contributed by atoms with van der Waals surface area (Å²) in [5.41, 5.74) is 1.98. The van der Waals surface area contributed by atoms with Gasteiger partial charge in [0.1, 0.15) is 5.75 Å². The van der Waals surface area contributed by atoms with E-state index in [4.69, 9.17) is 4.74 Å². The first kappa shape index (κ1) is 21.5. The van der Waals surface area contributed by atoms with E-state index in [1.54, 1.807) is 55.8 Å². The van der Waals surface area contributed by atoms with Gasteiger partial charge in [0.25, 0.3) is 5.91 Å². The topological polar surface area (TPSA) is 109 Å². The summed E-state index contributed by atoms with van der Waals surface area (Å²) in [6.07, 6.45) is 1.60. The van der Waals surface area contributed by atoms with Crippen LogP contribution in [0.3, 0.4) is 0 Å². The Hall–Kier alpha value is -4.20. The minimum atomic E-state index is -0.871. The lowest BCUT2D eigenvalue weighted by Crippen LogP contribution is -2.35. The van der Waals surface area contributed by atoms with Gasteiger partial charge in [0.15, 0.2) is 0 Å². The van der Waals surface area contributed by atoms with Crippen LogP contribution in [0.1, 0.15) is 21.6 Å². The molecule has 0 fully saturated rings. The standard InChI is InChI=1S/C23H22N4O4/c1-31-18-9-6-7-16(13-18)14-25-21(28)19-10-2-3-11-20(19)27-23(30)22(29)26-15-17-8-4-5-12-24-17/h2-13H,14-15H2,1H3,(H,25,28)(H,26,29)(H,27,30). The molecule has 1 aromatic heterocycles. The van der Waals surface area contributed by atoms with Crippen molar-refractivity contribution in [3.8, 4) is 5.75 Å². The highest BCUT2D eigenvalue weighted by Crippen LogP contribution is 2.16. The normalized spacial score (nSPS) is 10.1. The molecule has 2 aromatic carbocycles. The molecule has 0 bridgehead atoms. The van der Waals surface area contributed by atoms with Gasteiger partial charge in [-0.25, -0.2) is 0 Å². The number of ether oxygens (including phenoxy) is 1. The second kappa shape index (κ2) is 10.5. The number of carbonyl (C=O) groups is 3. The first-order valence-corrected chi connectivity index (χ1v) is 9.56. The van der Waals surface area contributed by atoms with Gasteiger partial charge in [0, 0.05) is 12.7 Å². The number of methoxy groups -OCH3 is 1. The summed E-state index contributed by atoms with van der Waals surface area (Å²) in [6, 6.07) is 19.1. The van der Waals surface area contributed by atoms with Crippen molar-refractivity contribution in [2.24, 2.45) is 0 Å². The van der Waals surface area contributed by atoms with Crippen molar-refractivity contribution in [2.75, 3.05) is 12.4 Å². The number of para-hydroxylation sites is 1. The van der Waals surface area contributed by atoms with Crippen molar-refractivity contribution in [3.05, 3.63) is 89.7 Å². The van der Waals surface area contributed by atoms with Crippen LogP contribution in [-0.4, -0.2) is 29.8 Å². The fourth-order valence-corrected chi connectivity index (χ4v) is 2.78. The van der Waals surface area contributed by atoms with Crippen LogP contribution < -0.4 is 20.7 Å². The van der Waals surface area contributed by atoms with Gasteiger partial charge in [-0.15, -0.1) is 0 Å². The predicted octanol–water partition coefficient (Wildman–Crippen LogP) is 2.28. The van der Waals surface area contributed by atoms with Gasteiger partial charge in [-0.05, 0) is 42.0 Å². The lowest BCUT2D eigenvalue weighted by atomic mass is 10.1. The van der Waals surface area contributed by atoms with E-state index in [9.17, 15) is 14.4 Å². The molecule has 0 saturated heterocycles. The molecule has 1 heterocycles. The first-order valence-electron chi connectivity index (χ1n) is 9.56. The molecular formula is C23H22N4O4. The quantitative estimate of drug-likeness (QED) is 0.510. The van der Waals surface area contributed by atoms with Crippen LogP contribution in [0.15, 0.2) is 72.9 Å². The van der Waals surface area contributed by atoms with Gasteiger partial charge in [-0.3, -0.25) is 19.4 Å². The molecule has 31 heavy (non-hydrogen) atoms. The van der Waals surface area contributed by atoms with Crippen molar-refractivity contribution in [3.63, 3.8) is 0 Å². The summed E-state index contributed by atoms with van der Waals surface area (Å²) >= 11 is 0. The van der Waals surface area contributed by atoms with Crippen LogP contribution in [-0.2, 0) is 22.7 Å². The smallest absolute Gasteiger partial charge is 0.313 e. The van der Waals surface area contributed by atoms with Crippen LogP contribution in [0.5, 0.6) is 5.75 Å². The largest absolute Gasteiger partial charge is 0.497 e. The molecule has 3 aromatic rings. The monoisotopic (exact) mass is 418 g/mol. The first-order chi connectivity index (χ1) is 15.1.